The van der Waals surface area contributed by atoms with E-state index >= 15 is 0 Å². The molecule has 1 aliphatic heterocycles. The van der Waals surface area contributed by atoms with Gasteiger partial charge in [0.1, 0.15) is 11.9 Å². The minimum absolute atomic E-state index is 0.164. The maximum atomic E-state index is 11.6. The number of fused-ring (bicyclic) bond motifs is 2. The summed E-state index contributed by atoms with van der Waals surface area (Å²) in [6, 6.07) is 10.4. The van der Waals surface area contributed by atoms with Crippen LogP contribution in [0, 0.1) is 21.6 Å². The largest absolute Gasteiger partial charge is 0.479 e. The number of nitriles is 1. The van der Waals surface area contributed by atoms with Gasteiger partial charge in [-0.25, -0.2) is 4.98 Å². The van der Waals surface area contributed by atoms with Gasteiger partial charge >= 0.3 is 0 Å². The number of nitro groups is 1. The second-order valence-electron chi connectivity index (χ2n) is 7.49. The van der Waals surface area contributed by atoms with E-state index in [-0.39, 0.29) is 11.6 Å². The number of imidazole rings is 1. The summed E-state index contributed by atoms with van der Waals surface area (Å²) in [5, 5.41) is 34.9. The van der Waals surface area contributed by atoms with Gasteiger partial charge in [-0.3, -0.25) is 20.0 Å². The van der Waals surface area contributed by atoms with Gasteiger partial charge in [0, 0.05) is 31.9 Å². The van der Waals surface area contributed by atoms with Crippen molar-refractivity contribution >= 4 is 22.7 Å². The van der Waals surface area contributed by atoms with Crippen LogP contribution >= 0.6 is 0 Å². The summed E-state index contributed by atoms with van der Waals surface area (Å²) in [6.45, 7) is 1.63. The predicted octanol–water partition coefficient (Wildman–Crippen LogP) is 2.56. The molecule has 0 fully saturated rings. The Hall–Kier alpha value is -3.72. The van der Waals surface area contributed by atoms with Crippen molar-refractivity contribution in [2.24, 2.45) is 0 Å². The van der Waals surface area contributed by atoms with Crippen LogP contribution in [0.15, 0.2) is 42.5 Å². The van der Waals surface area contributed by atoms with Gasteiger partial charge in [0.2, 0.25) is 5.95 Å². The Morgan fingerprint density at radius 1 is 1.34 bits per heavy atom. The standard InChI is InChI=1S/C21H21N5O6/c1-21(19(30-2)31-3)18(27)17(13-10-12(26(28)29)8-9-16(13)32-21)25-15-7-5-4-6-14(15)24-20(25)23-11-22/h4-10,17-19,27H,1-3H3,(H,23,24)/t17-,18-,21+/m0/s1. The number of anilines is 1. The molecule has 4 rings (SSSR count). The van der Waals surface area contributed by atoms with Crippen molar-refractivity contribution in [2.45, 2.75) is 31.0 Å². The number of nitrogens with zero attached hydrogens (tertiary/aromatic N) is 4. The molecule has 0 bridgehead atoms. The van der Waals surface area contributed by atoms with Gasteiger partial charge in [0.15, 0.2) is 18.1 Å². The number of benzene rings is 2. The Morgan fingerprint density at radius 2 is 2.06 bits per heavy atom. The molecule has 32 heavy (non-hydrogen) atoms. The maximum Gasteiger partial charge on any atom is 0.270 e. The molecule has 11 nitrogen and oxygen atoms in total. The maximum absolute atomic E-state index is 11.6. The van der Waals surface area contributed by atoms with Crippen LogP contribution in [0.4, 0.5) is 11.6 Å². The van der Waals surface area contributed by atoms with Crippen molar-refractivity contribution in [3.8, 4) is 11.9 Å². The normalized spacial score (nSPS) is 22.2. The summed E-state index contributed by atoms with van der Waals surface area (Å²) in [5.41, 5.74) is -0.0104. The molecule has 0 spiro atoms. The fourth-order valence-corrected chi connectivity index (χ4v) is 4.25. The number of ether oxygens (including phenoxy) is 3. The molecule has 0 amide bonds. The molecular formula is C21H21N5O6. The molecule has 1 aliphatic rings. The van der Waals surface area contributed by atoms with Gasteiger partial charge in [0.25, 0.3) is 5.69 Å². The first-order valence-electron chi connectivity index (χ1n) is 9.68. The van der Waals surface area contributed by atoms with E-state index in [9.17, 15) is 20.5 Å². The van der Waals surface area contributed by atoms with Crippen LogP contribution in [0.25, 0.3) is 11.0 Å². The first kappa shape index (κ1) is 21.5. The second-order valence-corrected chi connectivity index (χ2v) is 7.49. The third-order valence-electron chi connectivity index (χ3n) is 5.68. The molecule has 3 atom stereocenters. The van der Waals surface area contributed by atoms with Crippen LogP contribution in [0.3, 0.4) is 0 Å². The van der Waals surface area contributed by atoms with Gasteiger partial charge in [-0.2, -0.15) is 5.26 Å². The van der Waals surface area contributed by atoms with Crippen LogP contribution in [-0.2, 0) is 9.47 Å². The molecule has 2 N–H and O–H groups in total. The lowest BCUT2D eigenvalue weighted by Crippen LogP contribution is -2.60. The van der Waals surface area contributed by atoms with Crippen LogP contribution in [0.5, 0.6) is 5.75 Å². The Bertz CT molecular complexity index is 1220. The number of methoxy groups -OCH3 is 2. The van der Waals surface area contributed by atoms with E-state index < -0.39 is 29.0 Å². The highest BCUT2D eigenvalue weighted by atomic mass is 16.7. The van der Waals surface area contributed by atoms with Gasteiger partial charge in [-0.15, -0.1) is 0 Å². The smallest absolute Gasteiger partial charge is 0.270 e. The zero-order valence-corrected chi connectivity index (χ0v) is 17.6. The van der Waals surface area contributed by atoms with Crippen LogP contribution in [0.1, 0.15) is 18.5 Å². The number of rotatable bonds is 6. The number of aliphatic hydroxyl groups excluding tert-OH is 1. The van der Waals surface area contributed by atoms with Crippen molar-refractivity contribution in [2.75, 3.05) is 19.5 Å². The number of aliphatic hydroxyl groups is 1. The summed E-state index contributed by atoms with van der Waals surface area (Å²) in [5.74, 6) is 0.485. The average molecular weight is 439 g/mol. The second kappa shape index (κ2) is 8.08. The lowest BCUT2D eigenvalue weighted by Gasteiger charge is -2.47. The Morgan fingerprint density at radius 3 is 2.72 bits per heavy atom. The molecule has 1 aromatic heterocycles. The SMILES string of the molecule is COC(OC)[C@]1(C)Oc2ccc([N+](=O)[O-])cc2[C@H](n2c(NC#N)nc3ccccc32)[C@@H]1O. The number of nitro benzene ring substituents is 1. The first-order valence-corrected chi connectivity index (χ1v) is 9.68. The lowest BCUT2D eigenvalue weighted by atomic mass is 9.84. The van der Waals surface area contributed by atoms with Crippen LogP contribution in [0.2, 0.25) is 0 Å². The molecule has 166 valence electrons. The summed E-state index contributed by atoms with van der Waals surface area (Å²) < 4.78 is 18.6. The van der Waals surface area contributed by atoms with E-state index in [2.05, 4.69) is 10.3 Å². The fraction of sp³-hybridized carbons (Fsp3) is 0.333. The summed E-state index contributed by atoms with van der Waals surface area (Å²) in [7, 11) is 2.84. The van der Waals surface area contributed by atoms with E-state index in [0.29, 0.717) is 22.3 Å². The highest BCUT2D eigenvalue weighted by Gasteiger charge is 2.53. The lowest BCUT2D eigenvalue weighted by molar-refractivity contribution is -0.385. The van der Waals surface area contributed by atoms with Gasteiger partial charge in [-0.05, 0) is 25.1 Å². The number of aromatic nitrogens is 2. The molecule has 11 heteroatoms. The molecule has 0 unspecified atom stereocenters. The molecule has 0 saturated carbocycles. The van der Waals surface area contributed by atoms with Crippen LogP contribution in [-0.4, -0.2) is 51.8 Å². The third kappa shape index (κ3) is 3.21. The number of para-hydroxylation sites is 2. The number of hydrogen-bond donors (Lipinski definition) is 2. The summed E-state index contributed by atoms with van der Waals surface area (Å²) >= 11 is 0. The topological polar surface area (TPSA) is 145 Å². The Balaban J connectivity index is 2.03. The summed E-state index contributed by atoms with van der Waals surface area (Å²) in [6.07, 6.45) is -0.419. The number of nitrogens with one attached hydrogen (secondary N) is 1. The van der Waals surface area contributed by atoms with Crippen molar-refractivity contribution in [3.05, 3.63) is 58.1 Å². The molecule has 2 heterocycles. The van der Waals surface area contributed by atoms with E-state index in [0.717, 1.165) is 0 Å². The molecule has 2 aromatic carbocycles. The fourth-order valence-electron chi connectivity index (χ4n) is 4.25. The number of hydrogen-bond acceptors (Lipinski definition) is 9. The van der Waals surface area contributed by atoms with E-state index in [4.69, 9.17) is 14.2 Å². The van der Waals surface area contributed by atoms with E-state index in [1.165, 1.54) is 32.4 Å². The highest BCUT2D eigenvalue weighted by molar-refractivity contribution is 5.79. The monoisotopic (exact) mass is 439 g/mol. The van der Waals surface area contributed by atoms with E-state index in [1.54, 1.807) is 35.8 Å². The highest BCUT2D eigenvalue weighted by Crippen LogP contribution is 2.47. The first-order chi connectivity index (χ1) is 15.3. The zero-order chi connectivity index (χ0) is 23.0. The average Bonchev–Trinajstić information content (AvgIpc) is 3.13. The number of non-ortho nitro benzene ring substituents is 1. The Labute approximate surface area is 182 Å². The van der Waals surface area contributed by atoms with Crippen molar-refractivity contribution < 1.29 is 24.2 Å². The minimum atomic E-state index is -1.40. The van der Waals surface area contributed by atoms with Crippen molar-refractivity contribution in [1.82, 2.24) is 9.55 Å². The molecule has 3 aromatic rings. The molecule has 0 radical (unpaired) electrons. The van der Waals surface area contributed by atoms with E-state index in [1.807, 2.05) is 6.19 Å². The van der Waals surface area contributed by atoms with Gasteiger partial charge in [0.05, 0.1) is 22.0 Å². The quantitative estimate of drug-likeness (QED) is 0.195. The molecule has 0 saturated heterocycles. The minimum Gasteiger partial charge on any atom is -0.479 e. The molecule has 0 aliphatic carbocycles. The van der Waals surface area contributed by atoms with Crippen molar-refractivity contribution in [1.29, 1.82) is 5.26 Å². The van der Waals surface area contributed by atoms with Crippen molar-refractivity contribution in [3.63, 3.8) is 0 Å². The predicted molar refractivity (Wildman–Crippen MR) is 113 cm³/mol. The van der Waals surface area contributed by atoms with Crippen LogP contribution < -0.4 is 10.1 Å². The Kier molecular flexibility index (Phi) is 5.43. The third-order valence-corrected chi connectivity index (χ3v) is 5.68. The van der Waals surface area contributed by atoms with Gasteiger partial charge < -0.3 is 19.3 Å². The molecular weight excluding hydrogens is 418 g/mol. The zero-order valence-electron chi connectivity index (χ0n) is 17.6. The van der Waals surface area contributed by atoms with Gasteiger partial charge in [-0.1, -0.05) is 12.1 Å². The summed E-state index contributed by atoms with van der Waals surface area (Å²) in [4.78, 5) is 15.4.